The minimum absolute atomic E-state index is 0. The van der Waals surface area contributed by atoms with Crippen molar-refractivity contribution in [2.75, 3.05) is 196 Å². The standard InChI is InChI=1S/C73H113N11O27S2.H3N/c1-4-46(2)53-35-50(86)39-77-68(95)48-33-54-52-5-6-59(88)55(67(52)82-72(54)113(100)45-57(79-63(92)40-78-69(53)96)70(97)80-56(37-62(75)91)73(99)83-42-51(87)36-58(83)71(98)81-66(60(89)34-48)47(3)61(90)43-85)44-112-32-31-111-30-29-110-28-27-109-26-25-108-24-23-107-22-21-106-20-19-105-18-17-104-16-15-103-14-13-102-12-11-101-10-9-76-38-49(74)41-84-64(93)7-8-65(84)94;/h5-8,38,46-48,51,53,56-58,61,66,76,82,85,87-88,90H,4,9-37,39-45,74H2,1-3H3,(H2,75,91)(H,77,95)(H,78,96)(H,79,92)(H,80,97)(H,81,98);1H3/b49-38-;/t46-,47-,48+,51+,53-,56-,57-,58-,61-,66-,113?;/m0./s1. The number of hydrogen-bond donors (Lipinski definition) is 14. The molecule has 41 heteroatoms. The number of fused-ring (bicyclic) bond motifs is 5. The SMILES string of the molecule is CC[C@H](C)[C@@H]1CC(=O)CNC(=O)[C@H]2CC(=O)[C@H]([C@@H](C)[C@@H](O)CO)NC(=O)[C@@H]3C[C@@H](O)CN3C(=O)[C@H](CC(N)=O)NC(=O)[C@H](CS(=O)c3[nH]c4c(CSCCOCCOCCOCCOCCOCCOCCOCCOCCOCCOCCOCCN/C=C(\N)CN5C(=O)C=CC5=O)c(O)ccc4c3C2)NC(=O)CNC1=O.N. The van der Waals surface area contributed by atoms with E-state index in [1.807, 2.05) is 0 Å². The van der Waals surface area contributed by atoms with E-state index in [-0.39, 0.29) is 60.1 Å². The second-order valence-corrected chi connectivity index (χ2v) is 29.6. The third-order valence-electron chi connectivity index (χ3n) is 18.7. The lowest BCUT2D eigenvalue weighted by atomic mass is 9.85. The molecule has 2 bridgehead atoms. The van der Waals surface area contributed by atoms with Crippen LogP contribution in [-0.2, 0) is 128 Å². The Kier molecular flexibility index (Phi) is 45.5. The number of thioether (sulfide) groups is 1. The van der Waals surface area contributed by atoms with Gasteiger partial charge in [0.25, 0.3) is 11.8 Å². The van der Waals surface area contributed by atoms with Gasteiger partial charge >= 0.3 is 0 Å². The molecule has 5 heterocycles. The topological polar surface area (TPSA) is 569 Å². The molecule has 1 unspecified atom stereocenters. The Balaban J connectivity index is 0.0000232. The number of aromatic hydroxyl groups is 1. The van der Waals surface area contributed by atoms with Gasteiger partial charge in [-0.15, -0.1) is 0 Å². The van der Waals surface area contributed by atoms with Crippen LogP contribution < -0.4 is 49.5 Å². The zero-order valence-corrected chi connectivity index (χ0v) is 66.7. The number of nitrogens with zero attached hydrogens (tertiary/aromatic N) is 2. The number of phenols is 1. The molecular formula is C73H116N12O27S2. The summed E-state index contributed by atoms with van der Waals surface area (Å²) in [6.07, 6.45) is -1.56. The quantitative estimate of drug-likeness (QED) is 0.0223. The van der Waals surface area contributed by atoms with Gasteiger partial charge in [-0.1, -0.05) is 27.2 Å². The van der Waals surface area contributed by atoms with Crippen molar-refractivity contribution in [3.8, 4) is 5.75 Å². The van der Waals surface area contributed by atoms with Crippen molar-refractivity contribution in [1.29, 1.82) is 0 Å². The average Bonchev–Trinajstić information content (AvgIpc) is 1.61. The lowest BCUT2D eigenvalue weighted by molar-refractivity contribution is -0.144. The Morgan fingerprint density at radius 2 is 1.21 bits per heavy atom. The van der Waals surface area contributed by atoms with Gasteiger partial charge in [0, 0.05) is 96.6 Å². The van der Waals surface area contributed by atoms with Crippen LogP contribution >= 0.6 is 11.8 Å². The summed E-state index contributed by atoms with van der Waals surface area (Å²) in [4.78, 5) is 156. The fourth-order valence-corrected chi connectivity index (χ4v) is 14.5. The van der Waals surface area contributed by atoms with Gasteiger partial charge in [0.1, 0.15) is 28.9 Å². The molecule has 18 N–H and O–H groups in total. The summed E-state index contributed by atoms with van der Waals surface area (Å²) in [5.74, 6) is -14.0. The number of rotatable bonds is 48. The van der Waals surface area contributed by atoms with Crippen LogP contribution in [0, 0.1) is 23.7 Å². The van der Waals surface area contributed by atoms with Crippen LogP contribution in [0.15, 0.2) is 41.2 Å². The zero-order chi connectivity index (χ0) is 82.0. The first-order valence-electron chi connectivity index (χ1n) is 37.9. The number of H-pyrrole nitrogens is 1. The van der Waals surface area contributed by atoms with Crippen molar-refractivity contribution in [3.63, 3.8) is 0 Å². The highest BCUT2D eigenvalue weighted by atomic mass is 32.2. The van der Waals surface area contributed by atoms with E-state index in [0.29, 0.717) is 161 Å². The summed E-state index contributed by atoms with van der Waals surface area (Å²) >= 11 is 1.36. The van der Waals surface area contributed by atoms with Crippen LogP contribution in [0.25, 0.3) is 10.9 Å². The number of aliphatic hydroxyl groups is 3. The molecule has 2 aromatic rings. The predicted molar refractivity (Wildman–Crippen MR) is 411 cm³/mol. The first-order chi connectivity index (χ1) is 54.4. The minimum atomic E-state index is -2.45. The fraction of sp³-hybridized carbons (Fsp3) is 0.685. The number of phenolic OH excluding ortho intramolecular Hbond substituents is 1. The number of aliphatic hydroxyl groups excluding tert-OH is 3. The number of carbonyl (C=O) groups excluding carboxylic acids is 11. The van der Waals surface area contributed by atoms with Crippen LogP contribution in [0.1, 0.15) is 64.0 Å². The molecule has 0 saturated carbocycles. The second-order valence-electron chi connectivity index (χ2n) is 27.1. The van der Waals surface area contributed by atoms with E-state index in [4.69, 9.17) is 63.6 Å². The van der Waals surface area contributed by atoms with Crippen molar-refractivity contribution < 1.29 is 129 Å². The number of carbonyl (C=O) groups is 11. The molecule has 1 saturated heterocycles. The van der Waals surface area contributed by atoms with E-state index >= 15 is 4.21 Å². The van der Waals surface area contributed by atoms with Crippen LogP contribution in [-0.4, -0.2) is 337 Å². The lowest BCUT2D eigenvalue weighted by Crippen LogP contribution is -2.60. The second kappa shape index (κ2) is 53.5. The number of aromatic amines is 1. The molecule has 6 rings (SSSR count). The van der Waals surface area contributed by atoms with Crippen molar-refractivity contribution in [2.24, 2.45) is 35.1 Å². The maximum absolute atomic E-state index is 15.3. The highest BCUT2D eigenvalue weighted by molar-refractivity contribution is 7.98. The van der Waals surface area contributed by atoms with E-state index in [1.165, 1.54) is 43.0 Å². The van der Waals surface area contributed by atoms with E-state index in [1.54, 1.807) is 20.0 Å². The molecule has 0 radical (unpaired) electrons. The average molecular weight is 1660 g/mol. The molecule has 4 aliphatic rings. The van der Waals surface area contributed by atoms with Gasteiger partial charge in [-0.05, 0) is 30.0 Å². The number of aromatic nitrogens is 1. The first kappa shape index (κ1) is 96.9. The number of nitrogens with one attached hydrogen (secondary N) is 7. The van der Waals surface area contributed by atoms with E-state index in [2.05, 4.69) is 36.9 Å². The summed E-state index contributed by atoms with van der Waals surface area (Å²) in [5, 5.41) is 59.2. The van der Waals surface area contributed by atoms with Crippen molar-refractivity contribution in [1.82, 2.24) is 52.8 Å². The first-order valence-corrected chi connectivity index (χ1v) is 40.3. The summed E-state index contributed by atoms with van der Waals surface area (Å²) in [7, 11) is -2.45. The molecule has 0 aliphatic carbocycles. The maximum Gasteiger partial charge on any atom is 0.253 e. The van der Waals surface area contributed by atoms with Crippen LogP contribution in [0.5, 0.6) is 5.75 Å². The monoisotopic (exact) mass is 1660 g/mol. The molecule has 11 atom stereocenters. The minimum Gasteiger partial charge on any atom is -0.508 e. The number of imide groups is 1. The molecule has 642 valence electrons. The van der Waals surface area contributed by atoms with E-state index in [0.717, 1.165) is 9.80 Å². The predicted octanol–water partition coefficient (Wildman–Crippen LogP) is -3.85. The largest absolute Gasteiger partial charge is 0.508 e. The van der Waals surface area contributed by atoms with Gasteiger partial charge in [0.2, 0.25) is 41.4 Å². The van der Waals surface area contributed by atoms with Gasteiger partial charge in [-0.3, -0.25) is 61.8 Å². The number of ether oxygens (including phenoxy) is 11. The van der Waals surface area contributed by atoms with Crippen LogP contribution in [0.4, 0.5) is 0 Å². The Hall–Kier alpha value is -7.69. The maximum atomic E-state index is 15.3. The Labute approximate surface area is 668 Å². The van der Waals surface area contributed by atoms with E-state index in [9.17, 15) is 73.2 Å². The zero-order valence-electron chi connectivity index (χ0n) is 65.1. The number of nitrogens with two attached hydrogens (primary N) is 2. The third-order valence-corrected chi connectivity index (χ3v) is 21.1. The number of ketones is 2. The Morgan fingerprint density at radius 3 is 1.74 bits per heavy atom. The van der Waals surface area contributed by atoms with Crippen LogP contribution in [0.3, 0.4) is 0 Å². The summed E-state index contributed by atoms with van der Waals surface area (Å²) < 4.78 is 76.5. The highest BCUT2D eigenvalue weighted by Crippen LogP contribution is 2.37. The van der Waals surface area contributed by atoms with Gasteiger partial charge in [0.05, 0.1) is 218 Å². The molecule has 39 nitrogen and oxygen atoms in total. The summed E-state index contributed by atoms with van der Waals surface area (Å²) in [5.41, 5.74) is 12.5. The smallest absolute Gasteiger partial charge is 0.253 e. The number of Topliss-reactive ketones (excluding diaryl/α,β-unsaturated/α-hetero) is 2. The molecule has 1 fully saturated rings. The molecular weight excluding hydrogens is 1540 g/mol. The summed E-state index contributed by atoms with van der Waals surface area (Å²) in [6, 6.07) is -4.17. The van der Waals surface area contributed by atoms with Crippen molar-refractivity contribution >= 4 is 98.2 Å². The molecule has 9 amide bonds. The lowest BCUT2D eigenvalue weighted by Gasteiger charge is -2.32. The molecule has 4 aliphatic heterocycles. The van der Waals surface area contributed by atoms with Gasteiger partial charge in [-0.2, -0.15) is 11.8 Å². The fourth-order valence-electron chi connectivity index (χ4n) is 12.3. The van der Waals surface area contributed by atoms with Gasteiger partial charge < -0.3 is 132 Å². The summed E-state index contributed by atoms with van der Waals surface area (Å²) in [6.45, 7) is 10.7. The molecule has 1 aromatic carbocycles. The van der Waals surface area contributed by atoms with Crippen molar-refractivity contribution in [2.45, 2.75) is 106 Å². The Morgan fingerprint density at radius 1 is 0.684 bits per heavy atom. The number of benzene rings is 1. The number of amides is 9. The number of hydrogen-bond acceptors (Lipinski definition) is 31. The van der Waals surface area contributed by atoms with Crippen LogP contribution in [0.2, 0.25) is 0 Å². The number of primary amides is 1. The highest BCUT2D eigenvalue weighted by Gasteiger charge is 2.45. The molecule has 114 heavy (non-hydrogen) atoms. The van der Waals surface area contributed by atoms with Gasteiger partial charge in [-0.25, -0.2) is 0 Å². The van der Waals surface area contributed by atoms with Crippen molar-refractivity contribution in [3.05, 3.63) is 47.3 Å². The normalized spacial score (nSPS) is 22.0. The molecule has 0 spiro atoms. The van der Waals surface area contributed by atoms with E-state index < -0.39 is 200 Å². The Bertz CT molecular complexity index is 3480. The van der Waals surface area contributed by atoms with Gasteiger partial charge in [0.15, 0.2) is 11.6 Å². The molecule has 1 aromatic heterocycles. The third kappa shape index (κ3) is 33.5.